The third-order valence-electron chi connectivity index (χ3n) is 0.877. The Labute approximate surface area is 92.6 Å². The van der Waals surface area contributed by atoms with E-state index >= 15 is 0 Å². The number of aliphatic hydroxyl groups excluding tert-OH is 1. The Balaban J connectivity index is -0.000000126. The maximum absolute atomic E-state index is 9.60. The molecule has 0 unspecified atom stereocenters. The summed E-state index contributed by atoms with van der Waals surface area (Å²) in [5.41, 5.74) is 0.176. The predicted octanol–water partition coefficient (Wildman–Crippen LogP) is 1.42. The smallest absolute Gasteiger partial charge is 0.330 e. The van der Waals surface area contributed by atoms with Crippen LogP contribution in [0, 0.1) is 0 Å². The topological polar surface area (TPSA) is 57.5 Å². The molecule has 0 radical (unpaired) electrons. The average Bonchev–Trinajstić information content (AvgIpc) is 1.90. The number of hydrogen-bond donors (Lipinski definition) is 2. The van der Waals surface area contributed by atoms with E-state index in [1.54, 1.807) is 0 Å². The largest absolute Gasteiger partial charge is 0.478 e. The van der Waals surface area contributed by atoms with E-state index in [2.05, 4.69) is 13.5 Å². The summed E-state index contributed by atoms with van der Waals surface area (Å²) in [6.45, 7) is 7.00. The SMILES string of the molecule is C=C(C)C(=O)O.CCCCO.[Zr]. The Hall–Kier alpha value is 0.0531. The molecule has 0 fully saturated rings. The number of hydrogen-bond acceptors (Lipinski definition) is 2. The monoisotopic (exact) mass is 250 g/mol. The van der Waals surface area contributed by atoms with Gasteiger partial charge >= 0.3 is 5.97 Å². The molecule has 0 aliphatic heterocycles. The van der Waals surface area contributed by atoms with Gasteiger partial charge in [-0.15, -0.1) is 0 Å². The molecule has 3 nitrogen and oxygen atoms in total. The fraction of sp³-hybridized carbons (Fsp3) is 0.625. The van der Waals surface area contributed by atoms with Gasteiger partial charge in [-0.25, -0.2) is 4.79 Å². The average molecular weight is 251 g/mol. The van der Waals surface area contributed by atoms with Crippen molar-refractivity contribution in [2.45, 2.75) is 26.7 Å². The first-order valence-corrected chi connectivity index (χ1v) is 3.55. The minimum absolute atomic E-state index is 0. The van der Waals surface area contributed by atoms with Gasteiger partial charge in [0, 0.05) is 38.4 Å². The third-order valence-corrected chi connectivity index (χ3v) is 0.877. The molecule has 0 aromatic heterocycles. The van der Waals surface area contributed by atoms with Crippen molar-refractivity contribution in [3.8, 4) is 0 Å². The Bertz CT molecular complexity index is 109. The van der Waals surface area contributed by atoms with Gasteiger partial charge in [-0.05, 0) is 13.3 Å². The summed E-state index contributed by atoms with van der Waals surface area (Å²) in [5.74, 6) is -0.935. The van der Waals surface area contributed by atoms with E-state index in [0.717, 1.165) is 12.8 Å². The molecule has 0 amide bonds. The Morgan fingerprint density at radius 2 is 1.83 bits per heavy atom. The number of aliphatic hydroxyl groups is 1. The summed E-state index contributed by atoms with van der Waals surface area (Å²) in [5, 5.41) is 16.0. The van der Waals surface area contributed by atoms with Crippen molar-refractivity contribution in [2.24, 2.45) is 0 Å². The third kappa shape index (κ3) is 22.5. The molecule has 70 valence electrons. The van der Waals surface area contributed by atoms with Gasteiger partial charge in [0.25, 0.3) is 0 Å². The van der Waals surface area contributed by atoms with Crippen molar-refractivity contribution in [1.82, 2.24) is 0 Å². The number of unbranched alkanes of at least 4 members (excludes halogenated alkanes) is 1. The van der Waals surface area contributed by atoms with Crippen molar-refractivity contribution in [3.05, 3.63) is 12.2 Å². The van der Waals surface area contributed by atoms with Crippen LogP contribution in [0.15, 0.2) is 12.2 Å². The van der Waals surface area contributed by atoms with Crippen LogP contribution in [0.3, 0.4) is 0 Å². The molecule has 12 heavy (non-hydrogen) atoms. The maximum atomic E-state index is 9.60. The molecular formula is C8H16O3Zr. The van der Waals surface area contributed by atoms with E-state index in [0.29, 0.717) is 6.61 Å². The molecule has 0 aromatic rings. The van der Waals surface area contributed by atoms with E-state index in [1.807, 2.05) is 0 Å². The molecule has 0 aliphatic carbocycles. The van der Waals surface area contributed by atoms with Gasteiger partial charge in [0.05, 0.1) is 0 Å². The minimum Gasteiger partial charge on any atom is -0.478 e. The maximum Gasteiger partial charge on any atom is 0.330 e. The van der Waals surface area contributed by atoms with Gasteiger partial charge in [-0.1, -0.05) is 19.9 Å². The Morgan fingerprint density at radius 1 is 1.50 bits per heavy atom. The van der Waals surface area contributed by atoms with Crippen molar-refractivity contribution in [1.29, 1.82) is 0 Å². The van der Waals surface area contributed by atoms with Crippen LogP contribution in [0.5, 0.6) is 0 Å². The van der Waals surface area contributed by atoms with E-state index in [1.165, 1.54) is 6.92 Å². The number of carboxylic acid groups (broad SMARTS) is 1. The zero-order chi connectivity index (χ0) is 9.28. The van der Waals surface area contributed by atoms with Crippen LogP contribution >= 0.6 is 0 Å². The number of rotatable bonds is 3. The zero-order valence-corrected chi connectivity index (χ0v) is 10.1. The second kappa shape index (κ2) is 13.6. The molecule has 0 atom stereocenters. The normalized spacial score (nSPS) is 7.25. The van der Waals surface area contributed by atoms with Gasteiger partial charge < -0.3 is 10.2 Å². The molecule has 4 heteroatoms. The second-order valence-electron chi connectivity index (χ2n) is 2.16. The number of carbonyl (C=O) groups is 1. The fourth-order valence-corrected chi connectivity index (χ4v) is 0.158. The molecule has 0 saturated heterocycles. The molecular weight excluding hydrogens is 235 g/mol. The molecule has 0 saturated carbocycles. The van der Waals surface area contributed by atoms with Crippen LogP contribution in [-0.4, -0.2) is 22.8 Å². The quantitative estimate of drug-likeness (QED) is 0.746. The number of aliphatic carboxylic acids is 1. The molecule has 0 rings (SSSR count). The first kappa shape index (κ1) is 18.0. The van der Waals surface area contributed by atoms with Crippen LogP contribution in [-0.2, 0) is 31.0 Å². The summed E-state index contributed by atoms with van der Waals surface area (Å²) in [6, 6.07) is 0. The van der Waals surface area contributed by atoms with Gasteiger partial charge in [0.2, 0.25) is 0 Å². The fourth-order valence-electron chi connectivity index (χ4n) is 0.158. The standard InChI is InChI=1S/C4H6O2.C4H10O.Zr/c1-3(2)4(5)6;1-2-3-4-5;/h1H2,2H3,(H,5,6);5H,2-4H2,1H3;. The summed E-state index contributed by atoms with van der Waals surface area (Å²) in [4.78, 5) is 9.60. The minimum atomic E-state index is -0.935. The molecule has 0 heterocycles. The molecule has 0 aliphatic rings. The predicted molar refractivity (Wildman–Crippen MR) is 44.4 cm³/mol. The summed E-state index contributed by atoms with van der Waals surface area (Å²) >= 11 is 0. The van der Waals surface area contributed by atoms with Gasteiger partial charge in [0.1, 0.15) is 0 Å². The number of carboxylic acids is 1. The van der Waals surface area contributed by atoms with E-state index in [9.17, 15) is 4.79 Å². The van der Waals surface area contributed by atoms with Gasteiger partial charge in [-0.2, -0.15) is 0 Å². The van der Waals surface area contributed by atoms with E-state index < -0.39 is 5.97 Å². The Kier molecular flexibility index (Phi) is 20.4. The first-order valence-electron chi connectivity index (χ1n) is 3.55. The van der Waals surface area contributed by atoms with Crippen LogP contribution < -0.4 is 0 Å². The summed E-state index contributed by atoms with van der Waals surface area (Å²) in [7, 11) is 0. The van der Waals surface area contributed by atoms with Crippen LogP contribution in [0.2, 0.25) is 0 Å². The molecule has 0 bridgehead atoms. The van der Waals surface area contributed by atoms with Crippen molar-refractivity contribution in [3.63, 3.8) is 0 Å². The Morgan fingerprint density at radius 3 is 1.83 bits per heavy atom. The van der Waals surface area contributed by atoms with E-state index in [4.69, 9.17) is 10.2 Å². The zero-order valence-electron chi connectivity index (χ0n) is 7.63. The molecule has 0 aromatic carbocycles. The first-order chi connectivity index (χ1) is 5.06. The summed E-state index contributed by atoms with van der Waals surface area (Å²) in [6.07, 6.45) is 2.04. The second-order valence-corrected chi connectivity index (χ2v) is 2.16. The van der Waals surface area contributed by atoms with Crippen molar-refractivity contribution < 1.29 is 41.2 Å². The van der Waals surface area contributed by atoms with Crippen LogP contribution in [0.1, 0.15) is 26.7 Å². The van der Waals surface area contributed by atoms with Gasteiger partial charge in [-0.3, -0.25) is 0 Å². The molecule has 0 spiro atoms. The molecule has 2 N–H and O–H groups in total. The van der Waals surface area contributed by atoms with Crippen molar-refractivity contribution >= 4 is 5.97 Å². The van der Waals surface area contributed by atoms with Crippen LogP contribution in [0.4, 0.5) is 0 Å². The van der Waals surface area contributed by atoms with E-state index in [-0.39, 0.29) is 31.8 Å². The van der Waals surface area contributed by atoms with Gasteiger partial charge in [0.15, 0.2) is 0 Å². The summed E-state index contributed by atoms with van der Waals surface area (Å²) < 4.78 is 0. The van der Waals surface area contributed by atoms with Crippen molar-refractivity contribution in [2.75, 3.05) is 6.61 Å². The van der Waals surface area contributed by atoms with Crippen LogP contribution in [0.25, 0.3) is 0 Å².